The lowest BCUT2D eigenvalue weighted by atomic mass is 9.88. The highest BCUT2D eigenvalue weighted by Gasteiger charge is 2.43. The normalized spacial score (nSPS) is 24.5. The van der Waals surface area contributed by atoms with Crippen LogP contribution in [0.5, 0.6) is 23.0 Å². The molecule has 2 N–H and O–H groups in total. The summed E-state index contributed by atoms with van der Waals surface area (Å²) in [6.07, 6.45) is 1.56. The van der Waals surface area contributed by atoms with Gasteiger partial charge in [0.25, 0.3) is 0 Å². The smallest absolute Gasteiger partial charge is 0.160 e. The van der Waals surface area contributed by atoms with Crippen molar-refractivity contribution in [3.05, 3.63) is 52.8 Å². The van der Waals surface area contributed by atoms with E-state index in [4.69, 9.17) is 14.2 Å². The number of benzene rings is 2. The fourth-order valence-corrected chi connectivity index (χ4v) is 3.78. The lowest BCUT2D eigenvalue weighted by Crippen LogP contribution is -2.33. The molecule has 0 unspecified atom stereocenters. The molecule has 5 heteroatoms. The zero-order valence-corrected chi connectivity index (χ0v) is 13.9. The Morgan fingerprint density at radius 3 is 2.68 bits per heavy atom. The quantitative estimate of drug-likeness (QED) is 0.758. The Bertz CT molecular complexity index is 928. The van der Waals surface area contributed by atoms with Crippen molar-refractivity contribution in [1.82, 2.24) is 0 Å². The van der Waals surface area contributed by atoms with Gasteiger partial charge in [0.2, 0.25) is 0 Å². The summed E-state index contributed by atoms with van der Waals surface area (Å²) < 4.78 is 18.1. The molecule has 0 saturated carbocycles. The molecule has 0 fully saturated rings. The van der Waals surface area contributed by atoms with E-state index in [2.05, 4.69) is 0 Å². The van der Waals surface area contributed by atoms with Crippen molar-refractivity contribution < 1.29 is 24.4 Å². The Morgan fingerprint density at radius 1 is 1.04 bits per heavy atom. The Morgan fingerprint density at radius 2 is 1.84 bits per heavy atom. The Kier molecular flexibility index (Phi) is 2.69. The standard InChI is InChI=1S/C20H18O5/c1-20(2)17(22)8-13-15(25-20)6-5-11-14-9-23-16-7-10(21)3-4-12(16)19(14)24-18(11)13/h3-8,14,19,21-22H,9H2,1-2H3/t14-,19-/m1/s1. The summed E-state index contributed by atoms with van der Waals surface area (Å²) in [5.41, 5.74) is 1.99. The highest BCUT2D eigenvalue weighted by molar-refractivity contribution is 5.72. The molecule has 128 valence electrons. The van der Waals surface area contributed by atoms with Crippen LogP contribution in [0.15, 0.2) is 36.1 Å². The molecule has 2 aromatic rings. The summed E-state index contributed by atoms with van der Waals surface area (Å²) in [5, 5.41) is 20.0. The number of aliphatic hydroxyl groups excluding tert-OH is 1. The summed E-state index contributed by atoms with van der Waals surface area (Å²) in [4.78, 5) is 0. The topological polar surface area (TPSA) is 68.2 Å². The monoisotopic (exact) mass is 338 g/mol. The van der Waals surface area contributed by atoms with Crippen LogP contribution in [0.3, 0.4) is 0 Å². The van der Waals surface area contributed by atoms with E-state index in [1.807, 2.05) is 32.0 Å². The zero-order valence-electron chi connectivity index (χ0n) is 13.9. The van der Waals surface area contributed by atoms with Gasteiger partial charge in [-0.15, -0.1) is 0 Å². The van der Waals surface area contributed by atoms with Crippen LogP contribution < -0.4 is 14.2 Å². The molecule has 0 spiro atoms. The van der Waals surface area contributed by atoms with Crippen molar-refractivity contribution in [2.24, 2.45) is 0 Å². The molecule has 5 rings (SSSR count). The number of phenols is 1. The summed E-state index contributed by atoms with van der Waals surface area (Å²) >= 11 is 0. The molecule has 0 radical (unpaired) electrons. The van der Waals surface area contributed by atoms with Gasteiger partial charge in [-0.1, -0.05) is 6.07 Å². The van der Waals surface area contributed by atoms with E-state index in [1.54, 1.807) is 18.2 Å². The second kappa shape index (κ2) is 4.63. The third-order valence-corrected chi connectivity index (χ3v) is 5.18. The van der Waals surface area contributed by atoms with Crippen molar-refractivity contribution in [3.63, 3.8) is 0 Å². The number of hydrogen-bond acceptors (Lipinski definition) is 5. The average Bonchev–Trinajstić information content (AvgIpc) is 2.94. The molecule has 0 bridgehead atoms. The maximum Gasteiger partial charge on any atom is 0.160 e. The summed E-state index contributed by atoms with van der Waals surface area (Å²) in [5.74, 6) is 2.51. The second-order valence-corrected chi connectivity index (χ2v) is 7.22. The lowest BCUT2D eigenvalue weighted by molar-refractivity contribution is 0.0925. The molecular weight excluding hydrogens is 320 g/mol. The van der Waals surface area contributed by atoms with Crippen molar-refractivity contribution in [2.45, 2.75) is 31.5 Å². The summed E-state index contributed by atoms with van der Waals surface area (Å²) in [6.45, 7) is 4.13. The molecule has 0 aromatic heterocycles. The van der Waals surface area contributed by atoms with Crippen LogP contribution in [0.25, 0.3) is 6.08 Å². The Labute approximate surface area is 145 Å². The molecule has 0 aliphatic carbocycles. The van der Waals surface area contributed by atoms with E-state index in [0.29, 0.717) is 18.1 Å². The van der Waals surface area contributed by atoms with Gasteiger partial charge in [-0.05, 0) is 38.1 Å². The predicted molar refractivity (Wildman–Crippen MR) is 91.5 cm³/mol. The van der Waals surface area contributed by atoms with E-state index in [-0.39, 0.29) is 23.5 Å². The molecular formula is C20H18O5. The number of rotatable bonds is 0. The number of phenolic OH excluding ortho intramolecular Hbond substituents is 1. The first kappa shape index (κ1) is 14.5. The van der Waals surface area contributed by atoms with Gasteiger partial charge < -0.3 is 24.4 Å². The van der Waals surface area contributed by atoms with Gasteiger partial charge in [0.05, 0.1) is 18.1 Å². The first-order chi connectivity index (χ1) is 11.9. The van der Waals surface area contributed by atoms with Gasteiger partial charge in [-0.25, -0.2) is 0 Å². The minimum absolute atomic E-state index is 0.0721. The van der Waals surface area contributed by atoms with Crippen LogP contribution >= 0.6 is 0 Å². The molecule has 25 heavy (non-hydrogen) atoms. The SMILES string of the molecule is CC1(C)Oc2ccc3c(c2C=C1O)O[C@@H]1c2ccc(O)cc2OC[C@H]31. The fourth-order valence-electron chi connectivity index (χ4n) is 3.78. The first-order valence-corrected chi connectivity index (χ1v) is 8.33. The largest absolute Gasteiger partial charge is 0.508 e. The van der Waals surface area contributed by atoms with E-state index in [9.17, 15) is 10.2 Å². The number of aliphatic hydroxyl groups is 1. The number of aromatic hydroxyl groups is 1. The van der Waals surface area contributed by atoms with E-state index in [0.717, 1.165) is 22.4 Å². The van der Waals surface area contributed by atoms with Gasteiger partial charge in [-0.3, -0.25) is 0 Å². The lowest BCUT2D eigenvalue weighted by Gasteiger charge is -2.31. The van der Waals surface area contributed by atoms with Gasteiger partial charge in [0.1, 0.15) is 34.9 Å². The van der Waals surface area contributed by atoms with Crippen LogP contribution in [0, 0.1) is 0 Å². The van der Waals surface area contributed by atoms with Crippen LogP contribution in [-0.4, -0.2) is 22.4 Å². The highest BCUT2D eigenvalue weighted by atomic mass is 16.5. The average molecular weight is 338 g/mol. The maximum absolute atomic E-state index is 10.3. The van der Waals surface area contributed by atoms with Gasteiger partial charge >= 0.3 is 0 Å². The minimum Gasteiger partial charge on any atom is -0.508 e. The van der Waals surface area contributed by atoms with Crippen molar-refractivity contribution in [1.29, 1.82) is 0 Å². The van der Waals surface area contributed by atoms with Crippen LogP contribution in [0.4, 0.5) is 0 Å². The van der Waals surface area contributed by atoms with E-state index >= 15 is 0 Å². The van der Waals surface area contributed by atoms with Crippen LogP contribution in [0.2, 0.25) is 0 Å². The maximum atomic E-state index is 10.3. The predicted octanol–water partition coefficient (Wildman–Crippen LogP) is 4.07. The number of hydrogen-bond donors (Lipinski definition) is 2. The van der Waals surface area contributed by atoms with Gasteiger partial charge in [0, 0.05) is 17.2 Å². The van der Waals surface area contributed by atoms with E-state index in [1.165, 1.54) is 0 Å². The molecule has 3 heterocycles. The van der Waals surface area contributed by atoms with Gasteiger partial charge in [0.15, 0.2) is 5.60 Å². The molecule has 5 nitrogen and oxygen atoms in total. The minimum atomic E-state index is -0.750. The van der Waals surface area contributed by atoms with Gasteiger partial charge in [-0.2, -0.15) is 0 Å². The summed E-state index contributed by atoms with van der Waals surface area (Å²) in [6, 6.07) is 9.04. The van der Waals surface area contributed by atoms with Crippen molar-refractivity contribution in [2.75, 3.05) is 6.61 Å². The van der Waals surface area contributed by atoms with Crippen LogP contribution in [0.1, 0.15) is 42.6 Å². The summed E-state index contributed by atoms with van der Waals surface area (Å²) in [7, 11) is 0. The Hall–Kier alpha value is -2.82. The Balaban J connectivity index is 1.63. The molecule has 2 aromatic carbocycles. The van der Waals surface area contributed by atoms with Crippen molar-refractivity contribution >= 4 is 6.08 Å². The van der Waals surface area contributed by atoms with Crippen molar-refractivity contribution in [3.8, 4) is 23.0 Å². The molecule has 2 atom stereocenters. The zero-order chi connectivity index (χ0) is 17.3. The highest BCUT2D eigenvalue weighted by Crippen LogP contribution is 2.55. The van der Waals surface area contributed by atoms with E-state index < -0.39 is 5.60 Å². The number of fused-ring (bicyclic) bond motifs is 7. The van der Waals surface area contributed by atoms with Crippen LogP contribution in [-0.2, 0) is 0 Å². The molecule has 0 saturated heterocycles. The number of ether oxygens (including phenoxy) is 3. The third-order valence-electron chi connectivity index (χ3n) is 5.18. The molecule has 3 aliphatic heterocycles. The molecule has 3 aliphatic rings. The second-order valence-electron chi connectivity index (χ2n) is 7.22. The molecule has 0 amide bonds. The third kappa shape index (κ3) is 1.95. The first-order valence-electron chi connectivity index (χ1n) is 8.33. The fraction of sp³-hybridized carbons (Fsp3) is 0.300.